The van der Waals surface area contributed by atoms with Gasteiger partial charge in [0.05, 0.1) is 4.90 Å². The molecule has 2 rings (SSSR count). The van der Waals surface area contributed by atoms with E-state index in [-0.39, 0.29) is 17.3 Å². The molecule has 2 aromatic carbocycles. The average Bonchev–Trinajstić information content (AvgIpc) is 2.58. The quantitative estimate of drug-likeness (QED) is 0.772. The molecule has 0 aliphatic carbocycles. The Morgan fingerprint density at radius 2 is 1.73 bits per heavy atom. The first-order chi connectivity index (χ1) is 12.3. The molecule has 26 heavy (non-hydrogen) atoms. The molecular weight excluding hydrogens is 348 g/mol. The largest absolute Gasteiger partial charge is 0.341 e. The van der Waals surface area contributed by atoms with Gasteiger partial charge in [-0.05, 0) is 37.5 Å². The SMILES string of the molecule is CC(=O)N(CCNS(=O)(=O)c1ccc(C)cc1C)CCc1ccccc1. The number of carbonyl (C=O) groups excluding carboxylic acids is 1. The van der Waals surface area contributed by atoms with Gasteiger partial charge in [-0.25, -0.2) is 13.1 Å². The standard InChI is InChI=1S/C20H26N2O3S/c1-16-9-10-20(17(2)15-16)26(24,25)21-12-14-22(18(3)23)13-11-19-7-5-4-6-8-19/h4-10,15,21H,11-14H2,1-3H3. The van der Waals surface area contributed by atoms with Crippen LogP contribution in [0.5, 0.6) is 0 Å². The Labute approximate surface area is 156 Å². The van der Waals surface area contributed by atoms with E-state index in [0.717, 1.165) is 17.5 Å². The highest BCUT2D eigenvalue weighted by atomic mass is 32.2. The lowest BCUT2D eigenvalue weighted by atomic mass is 10.1. The predicted molar refractivity (Wildman–Crippen MR) is 104 cm³/mol. The van der Waals surface area contributed by atoms with Gasteiger partial charge < -0.3 is 4.90 Å². The average molecular weight is 375 g/mol. The second-order valence-corrected chi connectivity index (χ2v) is 8.14. The zero-order chi connectivity index (χ0) is 19.2. The van der Waals surface area contributed by atoms with Gasteiger partial charge in [-0.2, -0.15) is 0 Å². The van der Waals surface area contributed by atoms with Gasteiger partial charge in [-0.1, -0.05) is 48.0 Å². The van der Waals surface area contributed by atoms with Crippen LogP contribution in [-0.2, 0) is 21.2 Å². The number of hydrogen-bond acceptors (Lipinski definition) is 3. The van der Waals surface area contributed by atoms with Crippen molar-refractivity contribution in [3.05, 3.63) is 65.2 Å². The Morgan fingerprint density at radius 3 is 2.35 bits per heavy atom. The Bertz CT molecular complexity index is 849. The molecule has 0 atom stereocenters. The number of nitrogens with one attached hydrogen (secondary N) is 1. The summed E-state index contributed by atoms with van der Waals surface area (Å²) in [5, 5.41) is 0. The maximum absolute atomic E-state index is 12.5. The Balaban J connectivity index is 1.93. The molecule has 0 radical (unpaired) electrons. The van der Waals surface area contributed by atoms with E-state index in [2.05, 4.69) is 4.72 Å². The number of rotatable bonds is 8. The van der Waals surface area contributed by atoms with Crippen LogP contribution in [0.25, 0.3) is 0 Å². The molecule has 0 saturated carbocycles. The monoisotopic (exact) mass is 374 g/mol. The molecule has 0 aliphatic heterocycles. The summed E-state index contributed by atoms with van der Waals surface area (Å²) in [6.07, 6.45) is 0.740. The third-order valence-electron chi connectivity index (χ3n) is 4.25. The van der Waals surface area contributed by atoms with Crippen molar-refractivity contribution in [2.75, 3.05) is 19.6 Å². The number of carbonyl (C=O) groups is 1. The molecule has 0 aliphatic rings. The minimum Gasteiger partial charge on any atom is -0.341 e. The van der Waals surface area contributed by atoms with Crippen molar-refractivity contribution in [3.8, 4) is 0 Å². The van der Waals surface area contributed by atoms with Crippen LogP contribution in [0, 0.1) is 13.8 Å². The first-order valence-corrected chi connectivity index (χ1v) is 10.1. The van der Waals surface area contributed by atoms with E-state index >= 15 is 0 Å². The van der Waals surface area contributed by atoms with E-state index in [1.54, 1.807) is 24.0 Å². The van der Waals surface area contributed by atoms with Crippen LogP contribution in [0.2, 0.25) is 0 Å². The summed E-state index contributed by atoms with van der Waals surface area (Å²) >= 11 is 0. The molecule has 0 aromatic heterocycles. The van der Waals surface area contributed by atoms with Crippen LogP contribution in [0.1, 0.15) is 23.6 Å². The van der Waals surface area contributed by atoms with Crippen LogP contribution in [0.4, 0.5) is 0 Å². The number of hydrogen-bond donors (Lipinski definition) is 1. The van der Waals surface area contributed by atoms with Gasteiger partial charge in [-0.3, -0.25) is 4.79 Å². The number of amides is 1. The topological polar surface area (TPSA) is 66.5 Å². The molecule has 2 aromatic rings. The van der Waals surface area contributed by atoms with Crippen LogP contribution in [0.3, 0.4) is 0 Å². The van der Waals surface area contributed by atoms with Gasteiger partial charge in [0.25, 0.3) is 0 Å². The molecule has 0 unspecified atom stereocenters. The summed E-state index contributed by atoms with van der Waals surface area (Å²) in [7, 11) is -3.58. The smallest absolute Gasteiger partial charge is 0.240 e. The minimum atomic E-state index is -3.58. The van der Waals surface area contributed by atoms with Crippen LogP contribution in [0.15, 0.2) is 53.4 Å². The van der Waals surface area contributed by atoms with E-state index in [0.29, 0.717) is 18.7 Å². The van der Waals surface area contributed by atoms with Gasteiger partial charge >= 0.3 is 0 Å². The highest BCUT2D eigenvalue weighted by Gasteiger charge is 2.17. The summed E-state index contributed by atoms with van der Waals surface area (Å²) in [6, 6.07) is 15.2. The summed E-state index contributed by atoms with van der Waals surface area (Å²) in [5.74, 6) is -0.0633. The Morgan fingerprint density at radius 1 is 1.04 bits per heavy atom. The summed E-state index contributed by atoms with van der Waals surface area (Å²) < 4.78 is 27.6. The first kappa shape index (κ1) is 20.1. The molecule has 0 spiro atoms. The fourth-order valence-electron chi connectivity index (χ4n) is 2.83. The van der Waals surface area contributed by atoms with Crippen molar-refractivity contribution in [2.24, 2.45) is 0 Å². The third-order valence-corrected chi connectivity index (χ3v) is 5.87. The van der Waals surface area contributed by atoms with Crippen LogP contribution >= 0.6 is 0 Å². The number of benzene rings is 2. The lowest BCUT2D eigenvalue weighted by molar-refractivity contribution is -0.128. The van der Waals surface area contributed by atoms with Gasteiger partial charge in [0, 0.05) is 26.6 Å². The molecular formula is C20H26N2O3S. The number of aryl methyl sites for hydroxylation is 2. The minimum absolute atomic E-state index is 0.0633. The zero-order valence-electron chi connectivity index (χ0n) is 15.5. The second-order valence-electron chi connectivity index (χ2n) is 6.41. The fraction of sp³-hybridized carbons (Fsp3) is 0.350. The first-order valence-electron chi connectivity index (χ1n) is 8.66. The Hall–Kier alpha value is -2.18. The van der Waals surface area contributed by atoms with Gasteiger partial charge in [0.1, 0.15) is 0 Å². The summed E-state index contributed by atoms with van der Waals surface area (Å²) in [6.45, 7) is 6.29. The molecule has 0 saturated heterocycles. The maximum Gasteiger partial charge on any atom is 0.240 e. The Kier molecular flexibility index (Phi) is 6.94. The summed E-state index contributed by atoms with van der Waals surface area (Å²) in [4.78, 5) is 13.8. The third kappa shape index (κ3) is 5.68. The van der Waals surface area contributed by atoms with Crippen molar-refractivity contribution in [1.82, 2.24) is 9.62 Å². The highest BCUT2D eigenvalue weighted by Crippen LogP contribution is 2.16. The van der Waals surface area contributed by atoms with Crippen LogP contribution < -0.4 is 4.72 Å². The van der Waals surface area contributed by atoms with Crippen molar-refractivity contribution in [2.45, 2.75) is 32.1 Å². The van der Waals surface area contributed by atoms with Crippen molar-refractivity contribution < 1.29 is 13.2 Å². The molecule has 5 nitrogen and oxygen atoms in total. The maximum atomic E-state index is 12.5. The molecule has 0 heterocycles. The van der Waals surface area contributed by atoms with E-state index in [1.165, 1.54) is 6.92 Å². The highest BCUT2D eigenvalue weighted by molar-refractivity contribution is 7.89. The molecule has 1 N–H and O–H groups in total. The lowest BCUT2D eigenvalue weighted by Crippen LogP contribution is -2.38. The van der Waals surface area contributed by atoms with Crippen molar-refractivity contribution in [1.29, 1.82) is 0 Å². The fourth-order valence-corrected chi connectivity index (χ4v) is 4.07. The molecule has 0 bridgehead atoms. The molecule has 0 fully saturated rings. The van der Waals surface area contributed by atoms with E-state index < -0.39 is 10.0 Å². The van der Waals surface area contributed by atoms with E-state index in [4.69, 9.17) is 0 Å². The lowest BCUT2D eigenvalue weighted by Gasteiger charge is -2.21. The zero-order valence-corrected chi connectivity index (χ0v) is 16.3. The molecule has 6 heteroatoms. The van der Waals surface area contributed by atoms with Gasteiger partial charge in [-0.15, -0.1) is 0 Å². The van der Waals surface area contributed by atoms with Crippen molar-refractivity contribution >= 4 is 15.9 Å². The molecule has 1 amide bonds. The van der Waals surface area contributed by atoms with E-state index in [1.807, 2.05) is 43.3 Å². The van der Waals surface area contributed by atoms with E-state index in [9.17, 15) is 13.2 Å². The molecule has 140 valence electrons. The summed E-state index contributed by atoms with van der Waals surface area (Å²) in [5.41, 5.74) is 2.88. The number of sulfonamides is 1. The van der Waals surface area contributed by atoms with Crippen molar-refractivity contribution in [3.63, 3.8) is 0 Å². The predicted octanol–water partition coefficient (Wildman–Crippen LogP) is 2.67. The number of nitrogens with zero attached hydrogens (tertiary/aromatic N) is 1. The normalized spacial score (nSPS) is 11.3. The van der Waals surface area contributed by atoms with Gasteiger partial charge in [0.15, 0.2) is 0 Å². The van der Waals surface area contributed by atoms with Crippen LogP contribution in [-0.4, -0.2) is 38.9 Å². The second kappa shape index (κ2) is 8.96. The van der Waals surface area contributed by atoms with Gasteiger partial charge in [0.2, 0.25) is 15.9 Å².